The first-order chi connectivity index (χ1) is 7.68. The standard InChI is InChI=1S/C11H19N3O2/c1-9-13-10(14-16-9)7-12-8-11(2)3-5-15-6-4-11/h12H,3-8H2,1-2H3. The second kappa shape index (κ2) is 4.93. The molecule has 0 amide bonds. The van der Waals surface area contributed by atoms with E-state index in [1.54, 1.807) is 6.92 Å². The van der Waals surface area contributed by atoms with Crippen LogP contribution in [0.1, 0.15) is 31.5 Å². The van der Waals surface area contributed by atoms with Crippen LogP contribution < -0.4 is 5.32 Å². The van der Waals surface area contributed by atoms with Gasteiger partial charge in [0.05, 0.1) is 6.54 Å². The fourth-order valence-electron chi connectivity index (χ4n) is 1.93. The Hall–Kier alpha value is -0.940. The van der Waals surface area contributed by atoms with Gasteiger partial charge in [0.1, 0.15) is 0 Å². The van der Waals surface area contributed by atoms with Crippen molar-refractivity contribution in [2.24, 2.45) is 5.41 Å². The number of rotatable bonds is 4. The molecular weight excluding hydrogens is 206 g/mol. The van der Waals surface area contributed by atoms with E-state index in [1.807, 2.05) is 0 Å². The molecule has 5 heteroatoms. The molecule has 0 bridgehead atoms. The lowest BCUT2D eigenvalue weighted by Crippen LogP contribution is -2.36. The second-order valence-corrected chi connectivity index (χ2v) is 4.76. The van der Waals surface area contributed by atoms with Crippen molar-refractivity contribution in [3.05, 3.63) is 11.7 Å². The first-order valence-corrected chi connectivity index (χ1v) is 5.76. The molecule has 1 saturated heterocycles. The molecule has 2 heterocycles. The van der Waals surface area contributed by atoms with Gasteiger partial charge in [-0.05, 0) is 18.3 Å². The molecule has 16 heavy (non-hydrogen) atoms. The van der Waals surface area contributed by atoms with Crippen LogP contribution in [0.3, 0.4) is 0 Å². The number of ether oxygens (including phenoxy) is 1. The molecule has 0 spiro atoms. The Bertz CT molecular complexity index is 332. The van der Waals surface area contributed by atoms with E-state index in [9.17, 15) is 0 Å². The SMILES string of the molecule is Cc1nc(CNCC2(C)CCOCC2)no1. The molecule has 0 aromatic carbocycles. The Kier molecular flexibility index (Phi) is 3.56. The fraction of sp³-hybridized carbons (Fsp3) is 0.818. The van der Waals surface area contributed by atoms with Gasteiger partial charge in [-0.15, -0.1) is 0 Å². The van der Waals surface area contributed by atoms with Crippen molar-refractivity contribution in [2.75, 3.05) is 19.8 Å². The maximum atomic E-state index is 5.37. The van der Waals surface area contributed by atoms with Crippen LogP contribution in [-0.2, 0) is 11.3 Å². The molecule has 90 valence electrons. The lowest BCUT2D eigenvalue weighted by molar-refractivity contribution is 0.0239. The molecule has 0 saturated carbocycles. The zero-order chi connectivity index (χ0) is 11.4. The Morgan fingerprint density at radius 2 is 2.12 bits per heavy atom. The van der Waals surface area contributed by atoms with Crippen molar-refractivity contribution in [1.82, 2.24) is 15.5 Å². The van der Waals surface area contributed by atoms with Crippen LogP contribution in [0.25, 0.3) is 0 Å². The van der Waals surface area contributed by atoms with E-state index in [-0.39, 0.29) is 0 Å². The fourth-order valence-corrected chi connectivity index (χ4v) is 1.93. The number of nitrogens with zero attached hydrogens (tertiary/aromatic N) is 2. The Balaban J connectivity index is 1.74. The van der Waals surface area contributed by atoms with Gasteiger partial charge in [0, 0.05) is 26.7 Å². The summed E-state index contributed by atoms with van der Waals surface area (Å²) in [6, 6.07) is 0. The molecule has 0 atom stereocenters. The topological polar surface area (TPSA) is 60.2 Å². The van der Waals surface area contributed by atoms with E-state index in [4.69, 9.17) is 9.26 Å². The van der Waals surface area contributed by atoms with Crippen molar-refractivity contribution < 1.29 is 9.26 Å². The highest BCUT2D eigenvalue weighted by Gasteiger charge is 2.26. The Labute approximate surface area is 95.6 Å². The average Bonchev–Trinajstić information content (AvgIpc) is 2.65. The van der Waals surface area contributed by atoms with Gasteiger partial charge in [0.25, 0.3) is 0 Å². The molecule has 1 fully saturated rings. The highest BCUT2D eigenvalue weighted by atomic mass is 16.5. The number of aromatic nitrogens is 2. The summed E-state index contributed by atoms with van der Waals surface area (Å²) in [6.07, 6.45) is 2.23. The maximum absolute atomic E-state index is 5.37. The number of hydrogen-bond acceptors (Lipinski definition) is 5. The van der Waals surface area contributed by atoms with Gasteiger partial charge in [-0.2, -0.15) is 4.98 Å². The van der Waals surface area contributed by atoms with E-state index < -0.39 is 0 Å². The van der Waals surface area contributed by atoms with Crippen LogP contribution in [0, 0.1) is 12.3 Å². The minimum Gasteiger partial charge on any atom is -0.381 e. The van der Waals surface area contributed by atoms with Crippen molar-refractivity contribution >= 4 is 0 Å². The molecule has 5 nitrogen and oxygen atoms in total. The first kappa shape index (κ1) is 11.5. The minimum absolute atomic E-state index is 0.344. The predicted octanol–water partition coefficient (Wildman–Crippen LogP) is 1.28. The minimum atomic E-state index is 0.344. The average molecular weight is 225 g/mol. The van der Waals surface area contributed by atoms with E-state index in [2.05, 4.69) is 22.4 Å². The van der Waals surface area contributed by atoms with Gasteiger partial charge < -0.3 is 14.6 Å². The van der Waals surface area contributed by atoms with Crippen LogP contribution in [0.5, 0.6) is 0 Å². The summed E-state index contributed by atoms with van der Waals surface area (Å²) < 4.78 is 10.3. The summed E-state index contributed by atoms with van der Waals surface area (Å²) in [7, 11) is 0. The molecule has 1 N–H and O–H groups in total. The van der Waals surface area contributed by atoms with Crippen molar-refractivity contribution in [2.45, 2.75) is 33.2 Å². The van der Waals surface area contributed by atoms with E-state index in [0.717, 1.165) is 38.4 Å². The van der Waals surface area contributed by atoms with Gasteiger partial charge >= 0.3 is 0 Å². The third-order valence-corrected chi connectivity index (χ3v) is 3.10. The zero-order valence-electron chi connectivity index (χ0n) is 9.95. The zero-order valence-corrected chi connectivity index (χ0v) is 9.95. The molecule has 0 radical (unpaired) electrons. The maximum Gasteiger partial charge on any atom is 0.223 e. The molecule has 1 aliphatic rings. The van der Waals surface area contributed by atoms with Crippen LogP contribution in [0.4, 0.5) is 0 Å². The summed E-state index contributed by atoms with van der Waals surface area (Å²) in [5.41, 5.74) is 0.344. The van der Waals surface area contributed by atoms with Gasteiger partial charge in [0.15, 0.2) is 5.82 Å². The van der Waals surface area contributed by atoms with Crippen LogP contribution in [-0.4, -0.2) is 29.9 Å². The third-order valence-electron chi connectivity index (χ3n) is 3.10. The van der Waals surface area contributed by atoms with Crippen molar-refractivity contribution in [1.29, 1.82) is 0 Å². The molecule has 0 unspecified atom stereocenters. The third kappa shape index (κ3) is 3.02. The number of hydrogen-bond donors (Lipinski definition) is 1. The smallest absolute Gasteiger partial charge is 0.223 e. The Morgan fingerprint density at radius 3 is 2.75 bits per heavy atom. The van der Waals surface area contributed by atoms with Crippen LogP contribution in [0.2, 0.25) is 0 Å². The summed E-state index contributed by atoms with van der Waals surface area (Å²) in [6.45, 7) is 7.50. The lowest BCUT2D eigenvalue weighted by atomic mass is 9.82. The largest absolute Gasteiger partial charge is 0.381 e. The van der Waals surface area contributed by atoms with Gasteiger partial charge in [-0.1, -0.05) is 12.1 Å². The normalized spacial score (nSPS) is 19.9. The summed E-state index contributed by atoms with van der Waals surface area (Å²) in [5.74, 6) is 1.35. The number of aryl methyl sites for hydroxylation is 1. The Morgan fingerprint density at radius 1 is 1.38 bits per heavy atom. The van der Waals surface area contributed by atoms with Crippen molar-refractivity contribution in [3.63, 3.8) is 0 Å². The van der Waals surface area contributed by atoms with Crippen LogP contribution in [0.15, 0.2) is 4.52 Å². The highest BCUT2D eigenvalue weighted by molar-refractivity contribution is 4.85. The first-order valence-electron chi connectivity index (χ1n) is 5.76. The van der Waals surface area contributed by atoms with E-state index >= 15 is 0 Å². The summed E-state index contributed by atoms with van der Waals surface area (Å²) in [5, 5.41) is 7.23. The summed E-state index contributed by atoms with van der Waals surface area (Å²) >= 11 is 0. The second-order valence-electron chi connectivity index (χ2n) is 4.76. The monoisotopic (exact) mass is 225 g/mol. The van der Waals surface area contributed by atoms with Gasteiger partial charge in [0.2, 0.25) is 5.89 Å². The molecule has 1 aromatic heterocycles. The summed E-state index contributed by atoms with van der Waals surface area (Å²) in [4.78, 5) is 4.15. The van der Waals surface area contributed by atoms with E-state index in [0.29, 0.717) is 17.9 Å². The van der Waals surface area contributed by atoms with Gasteiger partial charge in [-0.3, -0.25) is 0 Å². The number of nitrogens with one attached hydrogen (secondary N) is 1. The molecule has 2 rings (SSSR count). The molecule has 0 aliphatic carbocycles. The molecular formula is C11H19N3O2. The predicted molar refractivity (Wildman–Crippen MR) is 58.9 cm³/mol. The molecule has 1 aromatic rings. The molecule has 1 aliphatic heterocycles. The quantitative estimate of drug-likeness (QED) is 0.836. The van der Waals surface area contributed by atoms with Gasteiger partial charge in [-0.25, -0.2) is 0 Å². The van der Waals surface area contributed by atoms with Crippen LogP contribution >= 0.6 is 0 Å². The van der Waals surface area contributed by atoms with Crippen molar-refractivity contribution in [3.8, 4) is 0 Å². The lowest BCUT2D eigenvalue weighted by Gasteiger charge is -2.33. The highest BCUT2D eigenvalue weighted by Crippen LogP contribution is 2.28. The van der Waals surface area contributed by atoms with E-state index in [1.165, 1.54) is 0 Å².